The SMILES string of the molecule is [CH2]CO.[Fe]. The van der Waals surface area contributed by atoms with E-state index in [0.717, 1.165) is 0 Å². The number of rotatable bonds is 0. The zero-order valence-corrected chi connectivity index (χ0v) is 3.32. The molecule has 0 aromatic rings. The molecule has 0 aliphatic carbocycles. The molecule has 0 aliphatic heterocycles. The molecule has 4 heavy (non-hydrogen) atoms. The summed E-state index contributed by atoms with van der Waals surface area (Å²) in [6.07, 6.45) is 0. The first-order chi connectivity index (χ1) is 1.41. The number of hydrogen-bond acceptors (Lipinski definition) is 1. The molecular weight excluding hydrogens is 95.9 g/mol. The summed E-state index contributed by atoms with van der Waals surface area (Å²) in [5.74, 6) is 0. The van der Waals surface area contributed by atoms with Gasteiger partial charge in [0, 0.05) is 23.7 Å². The summed E-state index contributed by atoms with van der Waals surface area (Å²) in [6.45, 7) is 3.04. The molecule has 0 heterocycles. The van der Waals surface area contributed by atoms with Gasteiger partial charge >= 0.3 is 0 Å². The van der Waals surface area contributed by atoms with E-state index < -0.39 is 0 Å². The molecule has 0 amide bonds. The van der Waals surface area contributed by atoms with Gasteiger partial charge in [0.2, 0.25) is 0 Å². The van der Waals surface area contributed by atoms with Crippen LogP contribution in [0.25, 0.3) is 0 Å². The Kier molecular flexibility index (Phi) is 21.6. The fourth-order valence-corrected chi connectivity index (χ4v) is 0. The minimum Gasteiger partial charge on any atom is -0.396 e. The maximum atomic E-state index is 7.46. The minimum atomic E-state index is 0. The van der Waals surface area contributed by atoms with Gasteiger partial charge in [-0.05, 0) is 6.92 Å². The van der Waals surface area contributed by atoms with E-state index in [2.05, 4.69) is 6.92 Å². The maximum absolute atomic E-state index is 7.46. The van der Waals surface area contributed by atoms with Crippen molar-refractivity contribution in [3.8, 4) is 0 Å². The fraction of sp³-hybridized carbons (Fsp3) is 0.500. The smallest absolute Gasteiger partial charge is 0.0431 e. The Labute approximate surface area is 36.5 Å². The molecule has 2 heteroatoms. The average Bonchev–Trinajstić information content (AvgIpc) is 0.918. The van der Waals surface area contributed by atoms with Crippen LogP contribution in [0.2, 0.25) is 0 Å². The Morgan fingerprint density at radius 3 is 1.75 bits per heavy atom. The van der Waals surface area contributed by atoms with Gasteiger partial charge in [0.05, 0.1) is 0 Å². The average molecular weight is 101 g/mol. The van der Waals surface area contributed by atoms with E-state index >= 15 is 0 Å². The zero-order chi connectivity index (χ0) is 2.71. The van der Waals surface area contributed by atoms with Gasteiger partial charge < -0.3 is 5.11 Å². The second-order valence-corrected chi connectivity index (χ2v) is 0.224. The molecule has 0 aliphatic rings. The van der Waals surface area contributed by atoms with Gasteiger partial charge in [-0.3, -0.25) is 0 Å². The van der Waals surface area contributed by atoms with Crippen LogP contribution in [0.4, 0.5) is 0 Å². The molecule has 0 aromatic carbocycles. The summed E-state index contributed by atoms with van der Waals surface area (Å²) in [5, 5.41) is 7.46. The van der Waals surface area contributed by atoms with Crippen LogP contribution in [-0.2, 0) is 17.1 Å². The molecule has 1 radical (unpaired) electrons. The summed E-state index contributed by atoms with van der Waals surface area (Å²) in [4.78, 5) is 0. The van der Waals surface area contributed by atoms with Crippen molar-refractivity contribution in [3.63, 3.8) is 0 Å². The molecule has 1 N–H and O–H groups in total. The van der Waals surface area contributed by atoms with Crippen LogP contribution in [0.5, 0.6) is 0 Å². The van der Waals surface area contributed by atoms with Crippen LogP contribution < -0.4 is 0 Å². The largest absolute Gasteiger partial charge is 0.396 e. The first-order valence-electron chi connectivity index (χ1n) is 0.816. The number of aliphatic hydroxyl groups excluding tert-OH is 1. The molecule has 0 fully saturated rings. The molecule has 0 rings (SSSR count). The van der Waals surface area contributed by atoms with Crippen molar-refractivity contribution in [1.29, 1.82) is 0 Å². The van der Waals surface area contributed by atoms with Gasteiger partial charge in [0.1, 0.15) is 0 Å². The van der Waals surface area contributed by atoms with Crippen molar-refractivity contribution < 1.29 is 22.2 Å². The predicted octanol–water partition coefficient (Wildman–Crippen LogP) is -0.190. The second-order valence-electron chi connectivity index (χ2n) is 0.224. The number of aliphatic hydroxyl groups is 1. The van der Waals surface area contributed by atoms with Gasteiger partial charge in [-0.25, -0.2) is 0 Å². The molecule has 0 saturated heterocycles. The molecule has 1 nitrogen and oxygen atoms in total. The first-order valence-corrected chi connectivity index (χ1v) is 0.816. The molecule has 0 saturated carbocycles. The molecule has 0 spiro atoms. The summed E-state index contributed by atoms with van der Waals surface area (Å²) in [6, 6.07) is 0. The van der Waals surface area contributed by atoms with Crippen LogP contribution in [0.3, 0.4) is 0 Å². The van der Waals surface area contributed by atoms with Crippen molar-refractivity contribution >= 4 is 0 Å². The van der Waals surface area contributed by atoms with E-state index in [0.29, 0.717) is 0 Å². The molecular formula is C2H5FeO. The van der Waals surface area contributed by atoms with Crippen LogP contribution in [0.1, 0.15) is 0 Å². The molecule has 0 aromatic heterocycles. The van der Waals surface area contributed by atoms with Crippen LogP contribution in [0, 0.1) is 6.92 Å². The summed E-state index contributed by atoms with van der Waals surface area (Å²) in [7, 11) is 0. The third kappa shape index (κ3) is 23.6. The van der Waals surface area contributed by atoms with Crippen molar-refractivity contribution in [2.45, 2.75) is 0 Å². The summed E-state index contributed by atoms with van der Waals surface area (Å²) < 4.78 is 0. The van der Waals surface area contributed by atoms with E-state index in [1.807, 2.05) is 0 Å². The van der Waals surface area contributed by atoms with Crippen LogP contribution in [0.15, 0.2) is 0 Å². The molecule has 0 unspecified atom stereocenters. The van der Waals surface area contributed by atoms with Crippen molar-refractivity contribution in [2.24, 2.45) is 0 Å². The predicted molar refractivity (Wildman–Crippen MR) is 12.4 cm³/mol. The Balaban J connectivity index is 0. The van der Waals surface area contributed by atoms with E-state index in [9.17, 15) is 0 Å². The number of hydrogen-bond donors (Lipinski definition) is 1. The monoisotopic (exact) mass is 101 g/mol. The van der Waals surface area contributed by atoms with Crippen molar-refractivity contribution in [1.82, 2.24) is 0 Å². The Bertz CT molecular complexity index is 6.00. The second kappa shape index (κ2) is 9.77. The van der Waals surface area contributed by atoms with E-state index in [1.165, 1.54) is 0 Å². The summed E-state index contributed by atoms with van der Waals surface area (Å²) in [5.41, 5.74) is 0. The molecule has 27 valence electrons. The van der Waals surface area contributed by atoms with Gasteiger partial charge in [0.15, 0.2) is 0 Å². The zero-order valence-electron chi connectivity index (χ0n) is 2.21. The first kappa shape index (κ1) is 8.82. The normalized spacial score (nSPS) is 4.50. The van der Waals surface area contributed by atoms with Crippen molar-refractivity contribution in [2.75, 3.05) is 6.61 Å². The van der Waals surface area contributed by atoms with E-state index in [4.69, 9.17) is 5.11 Å². The third-order valence-corrected chi connectivity index (χ3v) is 0. The van der Waals surface area contributed by atoms with Crippen molar-refractivity contribution in [3.05, 3.63) is 6.92 Å². The topological polar surface area (TPSA) is 20.2 Å². The molecule has 0 bridgehead atoms. The Hall–Kier alpha value is 0.479. The van der Waals surface area contributed by atoms with Gasteiger partial charge in [-0.1, -0.05) is 0 Å². The minimum absolute atomic E-state index is 0. The van der Waals surface area contributed by atoms with E-state index in [-0.39, 0.29) is 23.7 Å². The third-order valence-electron chi connectivity index (χ3n) is 0. The van der Waals surface area contributed by atoms with E-state index in [1.54, 1.807) is 0 Å². The maximum Gasteiger partial charge on any atom is 0.0431 e. The fourth-order valence-electron chi connectivity index (χ4n) is 0. The van der Waals surface area contributed by atoms with Crippen LogP contribution >= 0.6 is 0 Å². The van der Waals surface area contributed by atoms with Crippen LogP contribution in [-0.4, -0.2) is 11.7 Å². The van der Waals surface area contributed by atoms with Gasteiger partial charge in [-0.15, -0.1) is 0 Å². The quantitative estimate of drug-likeness (QED) is 0.419. The Morgan fingerprint density at radius 1 is 1.75 bits per heavy atom. The van der Waals surface area contributed by atoms with Gasteiger partial charge in [-0.2, -0.15) is 0 Å². The Morgan fingerprint density at radius 2 is 1.75 bits per heavy atom. The summed E-state index contributed by atoms with van der Waals surface area (Å²) >= 11 is 0. The standard InChI is InChI=1S/C2H5O.Fe/c1-2-3;/h3H,1-2H2;. The molecule has 0 atom stereocenters. The van der Waals surface area contributed by atoms with Gasteiger partial charge in [0.25, 0.3) is 0 Å².